The van der Waals surface area contributed by atoms with Crippen LogP contribution in [0.25, 0.3) is 0 Å². The zero-order chi connectivity index (χ0) is 25.9. The normalized spacial score (nSPS) is 10.8. The predicted octanol–water partition coefficient (Wildman–Crippen LogP) is 7.20. The molecule has 0 saturated carbocycles. The number of amides is 1. The summed E-state index contributed by atoms with van der Waals surface area (Å²) in [6.07, 6.45) is 0.721. The molecule has 0 fully saturated rings. The van der Waals surface area contributed by atoms with Crippen LogP contribution in [0.15, 0.2) is 108 Å². The smallest absolute Gasteiger partial charge is 0.257 e. The van der Waals surface area contributed by atoms with Crippen molar-refractivity contribution in [1.29, 1.82) is 0 Å². The average Bonchev–Trinajstić information content (AvgIpc) is 2.95. The fraction of sp³-hybridized carbons (Fsp3) is 0.194. The monoisotopic (exact) mass is 530 g/mol. The number of para-hydroxylation sites is 1. The molecule has 0 bridgehead atoms. The van der Waals surface area contributed by atoms with Crippen LogP contribution in [0.4, 0.5) is 0 Å². The summed E-state index contributed by atoms with van der Waals surface area (Å²) in [5, 5.41) is 0.733. The second-order valence-electron chi connectivity index (χ2n) is 8.66. The third-order valence-electron chi connectivity index (χ3n) is 5.92. The van der Waals surface area contributed by atoms with Crippen molar-refractivity contribution in [3.63, 3.8) is 0 Å². The molecule has 4 nitrogen and oxygen atoms in total. The molecule has 1 amide bonds. The van der Waals surface area contributed by atoms with E-state index in [4.69, 9.17) is 22.1 Å². The maximum atomic E-state index is 13.8. The third kappa shape index (κ3) is 7.86. The molecule has 0 aliphatic rings. The highest BCUT2D eigenvalue weighted by molar-refractivity contribution is 7.98. The molecular formula is C31H31ClN2O2S. The summed E-state index contributed by atoms with van der Waals surface area (Å²) in [5.41, 5.74) is 9.74. The van der Waals surface area contributed by atoms with Crippen LogP contribution in [0.1, 0.15) is 33.5 Å². The van der Waals surface area contributed by atoms with Crippen LogP contribution in [0.3, 0.4) is 0 Å². The lowest BCUT2D eigenvalue weighted by Crippen LogP contribution is -2.33. The number of nitrogens with zero attached hydrogens (tertiary/aromatic N) is 1. The molecule has 0 unspecified atom stereocenters. The lowest BCUT2D eigenvalue weighted by Gasteiger charge is -2.25. The Morgan fingerprint density at radius 1 is 0.838 bits per heavy atom. The Bertz CT molecular complexity index is 1280. The summed E-state index contributed by atoms with van der Waals surface area (Å²) in [6, 6.07) is 33.6. The molecule has 0 aromatic heterocycles. The van der Waals surface area contributed by atoms with E-state index in [2.05, 4.69) is 12.1 Å². The zero-order valence-electron chi connectivity index (χ0n) is 20.7. The summed E-state index contributed by atoms with van der Waals surface area (Å²) < 4.78 is 6.08. The van der Waals surface area contributed by atoms with E-state index in [1.807, 2.05) is 95.9 Å². The average molecular weight is 531 g/mol. The molecule has 4 aromatic rings. The maximum Gasteiger partial charge on any atom is 0.257 e. The van der Waals surface area contributed by atoms with Crippen molar-refractivity contribution < 1.29 is 9.53 Å². The highest BCUT2D eigenvalue weighted by atomic mass is 35.5. The van der Waals surface area contributed by atoms with Gasteiger partial charge >= 0.3 is 0 Å². The molecule has 0 atom stereocenters. The number of nitrogens with two attached hydrogens (primary N) is 1. The Labute approximate surface area is 228 Å². The minimum absolute atomic E-state index is 0.0605. The lowest BCUT2D eigenvalue weighted by atomic mass is 10.1. The van der Waals surface area contributed by atoms with Crippen molar-refractivity contribution in [2.24, 2.45) is 5.73 Å². The fourth-order valence-corrected chi connectivity index (χ4v) is 5.07. The van der Waals surface area contributed by atoms with E-state index >= 15 is 0 Å². The highest BCUT2D eigenvalue weighted by Crippen LogP contribution is 2.29. The maximum absolute atomic E-state index is 13.8. The van der Waals surface area contributed by atoms with Crippen LogP contribution in [-0.2, 0) is 18.9 Å². The van der Waals surface area contributed by atoms with E-state index in [0.29, 0.717) is 37.6 Å². The number of benzene rings is 4. The first-order valence-corrected chi connectivity index (χ1v) is 13.7. The Balaban J connectivity index is 1.51. The van der Waals surface area contributed by atoms with Gasteiger partial charge in [0.15, 0.2) is 0 Å². The summed E-state index contributed by atoms with van der Waals surface area (Å²) in [7, 11) is 0. The SMILES string of the molecule is NCCCN(Cc1ccccc1SCc1ccc(Cl)cc1)C(=O)c1ccccc1OCc1ccccc1. The summed E-state index contributed by atoms with van der Waals surface area (Å²) in [6.45, 7) is 1.98. The predicted molar refractivity (Wildman–Crippen MR) is 153 cm³/mol. The molecule has 2 N–H and O–H groups in total. The fourth-order valence-electron chi connectivity index (χ4n) is 3.93. The molecule has 0 aliphatic heterocycles. The van der Waals surface area contributed by atoms with Gasteiger partial charge in [0, 0.05) is 28.8 Å². The van der Waals surface area contributed by atoms with E-state index in [1.165, 1.54) is 5.56 Å². The number of halogens is 1. The lowest BCUT2D eigenvalue weighted by molar-refractivity contribution is 0.0736. The van der Waals surface area contributed by atoms with Crippen molar-refractivity contribution in [2.75, 3.05) is 13.1 Å². The van der Waals surface area contributed by atoms with Gasteiger partial charge in [0.1, 0.15) is 12.4 Å². The molecule has 4 rings (SSSR count). The Morgan fingerprint density at radius 3 is 2.32 bits per heavy atom. The van der Waals surface area contributed by atoms with E-state index in [9.17, 15) is 4.79 Å². The Hall–Kier alpha value is -3.25. The molecule has 0 aliphatic carbocycles. The van der Waals surface area contributed by atoms with Gasteiger partial charge in [-0.25, -0.2) is 0 Å². The quantitative estimate of drug-likeness (QED) is 0.197. The van der Waals surface area contributed by atoms with Crippen LogP contribution >= 0.6 is 23.4 Å². The topological polar surface area (TPSA) is 55.6 Å². The number of carbonyl (C=O) groups is 1. The summed E-state index contributed by atoms with van der Waals surface area (Å²) in [4.78, 5) is 16.8. The van der Waals surface area contributed by atoms with Gasteiger partial charge in [-0.15, -0.1) is 11.8 Å². The van der Waals surface area contributed by atoms with E-state index in [1.54, 1.807) is 11.8 Å². The van der Waals surface area contributed by atoms with Gasteiger partial charge in [-0.3, -0.25) is 4.79 Å². The van der Waals surface area contributed by atoms with E-state index in [-0.39, 0.29) is 5.91 Å². The molecule has 4 aromatic carbocycles. The first kappa shape index (κ1) is 26.8. The number of ether oxygens (including phenoxy) is 1. The van der Waals surface area contributed by atoms with Gasteiger partial charge in [0.2, 0.25) is 0 Å². The highest BCUT2D eigenvalue weighted by Gasteiger charge is 2.21. The minimum Gasteiger partial charge on any atom is -0.488 e. The van der Waals surface area contributed by atoms with Crippen LogP contribution < -0.4 is 10.5 Å². The van der Waals surface area contributed by atoms with Crippen LogP contribution in [0.5, 0.6) is 5.75 Å². The standard InChI is InChI=1S/C31H31ClN2O2S/c32-27-17-15-25(16-18-27)23-37-30-14-7-4-11-26(30)21-34(20-8-19-33)31(35)28-12-5-6-13-29(28)36-22-24-9-2-1-3-10-24/h1-7,9-18H,8,19-23,33H2. The van der Waals surface area contributed by atoms with Crippen LogP contribution in [0.2, 0.25) is 5.02 Å². The molecular weight excluding hydrogens is 500 g/mol. The number of hydrogen-bond acceptors (Lipinski definition) is 4. The van der Waals surface area contributed by atoms with Crippen molar-refractivity contribution >= 4 is 29.3 Å². The largest absolute Gasteiger partial charge is 0.488 e. The second kappa shape index (κ2) is 13.9. The molecule has 0 spiro atoms. The minimum atomic E-state index is -0.0605. The van der Waals surface area contributed by atoms with Crippen molar-refractivity contribution in [1.82, 2.24) is 4.90 Å². The first-order valence-electron chi connectivity index (χ1n) is 12.3. The van der Waals surface area contributed by atoms with E-state index in [0.717, 1.165) is 33.2 Å². The Morgan fingerprint density at radius 2 is 1.54 bits per heavy atom. The van der Waals surface area contributed by atoms with Gasteiger partial charge in [-0.2, -0.15) is 0 Å². The zero-order valence-corrected chi connectivity index (χ0v) is 22.3. The van der Waals surface area contributed by atoms with Crippen molar-refractivity contribution in [3.8, 4) is 5.75 Å². The molecule has 0 heterocycles. The van der Waals surface area contributed by atoms with Gasteiger partial charge in [0.05, 0.1) is 5.56 Å². The number of thioether (sulfide) groups is 1. The van der Waals surface area contributed by atoms with Crippen LogP contribution in [0, 0.1) is 0 Å². The number of hydrogen-bond donors (Lipinski definition) is 1. The summed E-state index contributed by atoms with van der Waals surface area (Å²) >= 11 is 7.79. The second-order valence-corrected chi connectivity index (χ2v) is 10.1. The molecule has 190 valence electrons. The van der Waals surface area contributed by atoms with Gasteiger partial charge in [-0.1, -0.05) is 84.4 Å². The first-order chi connectivity index (χ1) is 18.1. The molecule has 0 radical (unpaired) electrons. The van der Waals surface area contributed by atoms with Crippen LogP contribution in [-0.4, -0.2) is 23.9 Å². The van der Waals surface area contributed by atoms with Crippen molar-refractivity contribution in [3.05, 3.63) is 130 Å². The van der Waals surface area contributed by atoms with Gasteiger partial charge in [0.25, 0.3) is 5.91 Å². The molecule has 6 heteroatoms. The summed E-state index contributed by atoms with van der Waals surface area (Å²) in [5.74, 6) is 1.34. The van der Waals surface area contributed by atoms with Gasteiger partial charge in [-0.05, 0) is 60.0 Å². The molecule has 37 heavy (non-hydrogen) atoms. The van der Waals surface area contributed by atoms with Gasteiger partial charge < -0.3 is 15.4 Å². The van der Waals surface area contributed by atoms with E-state index < -0.39 is 0 Å². The number of rotatable bonds is 12. The van der Waals surface area contributed by atoms with Crippen molar-refractivity contribution in [2.45, 2.75) is 30.2 Å². The number of carbonyl (C=O) groups excluding carboxylic acids is 1. The third-order valence-corrected chi connectivity index (χ3v) is 7.35. The Kier molecular flexibility index (Phi) is 10.1. The molecule has 0 saturated heterocycles.